The van der Waals surface area contributed by atoms with Gasteiger partial charge in [0, 0.05) is 0 Å². The molecule has 0 unspecified atom stereocenters. The summed E-state index contributed by atoms with van der Waals surface area (Å²) in [6.07, 6.45) is 2.39. The summed E-state index contributed by atoms with van der Waals surface area (Å²) in [4.78, 5) is 2.48. The van der Waals surface area contributed by atoms with E-state index in [2.05, 4.69) is 50.9 Å². The van der Waals surface area contributed by atoms with Gasteiger partial charge < -0.3 is 9.73 Å². The summed E-state index contributed by atoms with van der Waals surface area (Å²) >= 11 is 0. The molecule has 1 N–H and O–H groups in total. The van der Waals surface area contributed by atoms with Gasteiger partial charge in [-0.1, -0.05) is 27.7 Å². The van der Waals surface area contributed by atoms with E-state index in [1.807, 2.05) is 0 Å². The van der Waals surface area contributed by atoms with Crippen molar-refractivity contribution in [3.8, 4) is 0 Å². The molecule has 3 nitrogen and oxygen atoms in total. The van der Waals surface area contributed by atoms with Crippen molar-refractivity contribution < 1.29 is 4.42 Å². The molecule has 116 valence electrons. The van der Waals surface area contributed by atoms with Crippen LogP contribution in [0.1, 0.15) is 57.6 Å². The van der Waals surface area contributed by atoms with Gasteiger partial charge in [0.25, 0.3) is 0 Å². The maximum absolute atomic E-state index is 6.02. The highest BCUT2D eigenvalue weighted by Gasteiger charge is 2.11. The minimum atomic E-state index is 0.675. The molecule has 0 aliphatic carbocycles. The molecule has 0 aliphatic rings. The van der Waals surface area contributed by atoms with Gasteiger partial charge in [-0.25, -0.2) is 0 Å². The van der Waals surface area contributed by atoms with Crippen LogP contribution < -0.4 is 5.32 Å². The highest BCUT2D eigenvalue weighted by atomic mass is 16.3. The van der Waals surface area contributed by atoms with Crippen LogP contribution >= 0.6 is 0 Å². The quantitative estimate of drug-likeness (QED) is 0.703. The fraction of sp³-hybridized carbons (Fsp3) is 0.765. The number of rotatable bonds is 10. The van der Waals surface area contributed by atoms with E-state index < -0.39 is 0 Å². The predicted octanol–water partition coefficient (Wildman–Crippen LogP) is 3.96. The number of nitrogens with zero attached hydrogens (tertiary/aromatic N) is 1. The molecule has 1 aromatic rings. The van der Waals surface area contributed by atoms with Gasteiger partial charge >= 0.3 is 0 Å². The van der Waals surface area contributed by atoms with E-state index in [1.54, 1.807) is 0 Å². The van der Waals surface area contributed by atoms with Gasteiger partial charge in [-0.2, -0.15) is 0 Å². The molecule has 0 bridgehead atoms. The molecule has 0 saturated carbocycles. The molecular formula is C17H32N2O. The normalized spacial score (nSPS) is 11.8. The van der Waals surface area contributed by atoms with Gasteiger partial charge in [-0.05, 0) is 56.9 Å². The van der Waals surface area contributed by atoms with E-state index in [4.69, 9.17) is 4.42 Å². The van der Waals surface area contributed by atoms with Gasteiger partial charge in [-0.3, -0.25) is 4.90 Å². The summed E-state index contributed by atoms with van der Waals surface area (Å²) in [6.45, 7) is 16.2. The Labute approximate surface area is 124 Å². The molecule has 0 radical (unpaired) electrons. The molecule has 3 heteroatoms. The summed E-state index contributed by atoms with van der Waals surface area (Å²) in [7, 11) is 0. The van der Waals surface area contributed by atoms with Crippen molar-refractivity contribution in [3.63, 3.8) is 0 Å². The Bertz CT molecular complexity index is 365. The van der Waals surface area contributed by atoms with Crippen molar-refractivity contribution in [1.29, 1.82) is 0 Å². The predicted molar refractivity (Wildman–Crippen MR) is 85.8 cm³/mol. The van der Waals surface area contributed by atoms with Crippen molar-refractivity contribution in [3.05, 3.63) is 23.2 Å². The minimum Gasteiger partial charge on any atom is -0.463 e. The van der Waals surface area contributed by atoms with E-state index in [9.17, 15) is 0 Å². The topological polar surface area (TPSA) is 28.4 Å². The molecule has 0 saturated heterocycles. The Balaban J connectivity index is 2.54. The summed E-state index contributed by atoms with van der Waals surface area (Å²) in [5.41, 5.74) is 1.27. The zero-order valence-corrected chi connectivity index (χ0v) is 14.0. The third kappa shape index (κ3) is 6.10. The first-order chi connectivity index (χ1) is 9.56. The molecule has 0 amide bonds. The summed E-state index contributed by atoms with van der Waals surface area (Å²) in [5, 5.41) is 3.45. The summed E-state index contributed by atoms with van der Waals surface area (Å²) in [5.74, 6) is 2.87. The Morgan fingerprint density at radius 1 is 1.20 bits per heavy atom. The lowest BCUT2D eigenvalue weighted by Gasteiger charge is -2.19. The van der Waals surface area contributed by atoms with Crippen molar-refractivity contribution in [1.82, 2.24) is 10.2 Å². The van der Waals surface area contributed by atoms with Gasteiger partial charge in [-0.15, -0.1) is 0 Å². The molecule has 20 heavy (non-hydrogen) atoms. The average molecular weight is 280 g/mol. The van der Waals surface area contributed by atoms with Gasteiger partial charge in [0.05, 0.1) is 13.1 Å². The van der Waals surface area contributed by atoms with E-state index >= 15 is 0 Å². The maximum atomic E-state index is 6.02. The third-order valence-corrected chi connectivity index (χ3v) is 3.37. The van der Waals surface area contributed by atoms with Gasteiger partial charge in [0.2, 0.25) is 0 Å². The lowest BCUT2D eigenvalue weighted by molar-refractivity contribution is 0.241. The van der Waals surface area contributed by atoms with Crippen molar-refractivity contribution in [2.75, 3.05) is 19.6 Å². The van der Waals surface area contributed by atoms with Crippen LogP contribution in [0.3, 0.4) is 0 Å². The van der Waals surface area contributed by atoms with Crippen LogP contribution in [0.4, 0.5) is 0 Å². The van der Waals surface area contributed by atoms with Crippen LogP contribution in [0, 0.1) is 12.8 Å². The molecule has 1 heterocycles. The van der Waals surface area contributed by atoms with Crippen LogP contribution in [-0.2, 0) is 13.1 Å². The van der Waals surface area contributed by atoms with Gasteiger partial charge in [0.1, 0.15) is 11.5 Å². The second kappa shape index (κ2) is 9.19. The third-order valence-electron chi connectivity index (χ3n) is 3.37. The smallest absolute Gasteiger partial charge is 0.120 e. The van der Waals surface area contributed by atoms with Crippen molar-refractivity contribution in [2.45, 2.75) is 60.5 Å². The van der Waals surface area contributed by atoms with E-state index in [0.29, 0.717) is 5.92 Å². The van der Waals surface area contributed by atoms with Crippen LogP contribution in [0.5, 0.6) is 0 Å². The number of furan rings is 1. The molecular weight excluding hydrogens is 248 g/mol. The monoisotopic (exact) mass is 280 g/mol. The highest BCUT2D eigenvalue weighted by Crippen LogP contribution is 2.16. The first kappa shape index (κ1) is 17.3. The Kier molecular flexibility index (Phi) is 7.93. The summed E-state index contributed by atoms with van der Waals surface area (Å²) in [6, 6.07) is 2.20. The first-order valence-corrected chi connectivity index (χ1v) is 8.08. The number of aryl methyl sites for hydroxylation is 1. The van der Waals surface area contributed by atoms with Crippen LogP contribution in [0.25, 0.3) is 0 Å². The Hall–Kier alpha value is -0.800. The zero-order chi connectivity index (χ0) is 15.0. The molecule has 1 aromatic heterocycles. The zero-order valence-electron chi connectivity index (χ0n) is 14.0. The molecule has 0 aliphatic heterocycles. The Morgan fingerprint density at radius 2 is 1.85 bits per heavy atom. The second-order valence-corrected chi connectivity index (χ2v) is 6.12. The Morgan fingerprint density at radius 3 is 2.40 bits per heavy atom. The van der Waals surface area contributed by atoms with Crippen molar-refractivity contribution in [2.24, 2.45) is 5.92 Å². The second-order valence-electron chi connectivity index (χ2n) is 6.12. The summed E-state index contributed by atoms with van der Waals surface area (Å²) < 4.78 is 6.02. The van der Waals surface area contributed by atoms with E-state index in [-0.39, 0.29) is 0 Å². The lowest BCUT2D eigenvalue weighted by Crippen LogP contribution is -2.24. The largest absolute Gasteiger partial charge is 0.463 e. The SMILES string of the molecule is CCCN(CCC)Cc1cc(C)c(CNCC(C)C)o1. The van der Waals surface area contributed by atoms with E-state index in [0.717, 1.165) is 44.2 Å². The fourth-order valence-corrected chi connectivity index (χ4v) is 2.44. The average Bonchev–Trinajstić information content (AvgIpc) is 2.70. The molecule has 0 spiro atoms. The number of hydrogen-bond donors (Lipinski definition) is 1. The van der Waals surface area contributed by atoms with Crippen LogP contribution in [-0.4, -0.2) is 24.5 Å². The van der Waals surface area contributed by atoms with Crippen LogP contribution in [0.2, 0.25) is 0 Å². The molecule has 1 rings (SSSR count). The standard InChI is InChI=1S/C17H32N2O/c1-6-8-19(9-7-2)13-16-10-15(5)17(20-16)12-18-11-14(3)4/h10,14,18H,6-9,11-13H2,1-5H3. The first-order valence-electron chi connectivity index (χ1n) is 8.08. The fourth-order valence-electron chi connectivity index (χ4n) is 2.44. The molecule has 0 fully saturated rings. The van der Waals surface area contributed by atoms with Gasteiger partial charge in [0.15, 0.2) is 0 Å². The van der Waals surface area contributed by atoms with Crippen molar-refractivity contribution >= 4 is 0 Å². The lowest BCUT2D eigenvalue weighted by atomic mass is 10.2. The molecule has 0 aromatic carbocycles. The van der Waals surface area contributed by atoms with Crippen LogP contribution in [0.15, 0.2) is 10.5 Å². The van der Waals surface area contributed by atoms with E-state index in [1.165, 1.54) is 18.4 Å². The molecule has 0 atom stereocenters. The maximum Gasteiger partial charge on any atom is 0.120 e. The minimum absolute atomic E-state index is 0.675. The number of hydrogen-bond acceptors (Lipinski definition) is 3. The highest BCUT2D eigenvalue weighted by molar-refractivity contribution is 5.20. The number of nitrogens with one attached hydrogen (secondary N) is 1.